The Hall–Kier alpha value is -3.20. The molecule has 1 fully saturated rings. The summed E-state index contributed by atoms with van der Waals surface area (Å²) in [6.45, 7) is 3.05. The second-order valence-corrected chi connectivity index (χ2v) is 8.30. The molecule has 1 aromatic carbocycles. The lowest BCUT2D eigenvalue weighted by Crippen LogP contribution is -2.40. The van der Waals surface area contributed by atoms with Crippen LogP contribution in [-0.4, -0.2) is 62.6 Å². The van der Waals surface area contributed by atoms with Crippen LogP contribution in [0.5, 0.6) is 5.75 Å². The highest BCUT2D eigenvalue weighted by molar-refractivity contribution is 7.10. The van der Waals surface area contributed by atoms with E-state index < -0.39 is 0 Å². The normalized spacial score (nSPS) is 16.8. The van der Waals surface area contributed by atoms with Gasteiger partial charge in [0.15, 0.2) is 6.61 Å². The fraction of sp³-hybridized carbons (Fsp3) is 0.364. The van der Waals surface area contributed by atoms with Gasteiger partial charge in [-0.25, -0.2) is 4.98 Å². The number of hydrogen-bond donors (Lipinski definition) is 0. The van der Waals surface area contributed by atoms with Crippen molar-refractivity contribution < 1.29 is 14.3 Å². The van der Waals surface area contributed by atoms with Crippen molar-refractivity contribution in [3.05, 3.63) is 53.0 Å². The van der Waals surface area contributed by atoms with Gasteiger partial charge in [0.2, 0.25) is 5.91 Å². The van der Waals surface area contributed by atoms with Gasteiger partial charge in [0.05, 0.1) is 17.4 Å². The van der Waals surface area contributed by atoms with Gasteiger partial charge in [-0.2, -0.15) is 5.10 Å². The van der Waals surface area contributed by atoms with Crippen LogP contribution in [0.4, 0.5) is 0 Å². The van der Waals surface area contributed by atoms with Crippen molar-refractivity contribution in [3.8, 4) is 17.1 Å². The fourth-order valence-corrected chi connectivity index (χ4v) is 4.69. The zero-order chi connectivity index (χ0) is 21.8. The summed E-state index contributed by atoms with van der Waals surface area (Å²) in [5.74, 6) is 0.556. The number of amides is 2. The zero-order valence-corrected chi connectivity index (χ0v) is 18.4. The lowest BCUT2D eigenvalue weighted by Gasteiger charge is -2.28. The molecule has 9 heteroatoms. The Balaban J connectivity index is 1.56. The van der Waals surface area contributed by atoms with Crippen LogP contribution in [0.15, 0.2) is 48.0 Å². The van der Waals surface area contributed by atoms with E-state index in [-0.39, 0.29) is 24.5 Å². The Kier molecular flexibility index (Phi) is 6.31. The second kappa shape index (κ2) is 9.30. The number of para-hydroxylation sites is 1. The molecular formula is C22H25N5O3S. The van der Waals surface area contributed by atoms with E-state index in [1.165, 1.54) is 11.3 Å². The second-order valence-electron chi connectivity index (χ2n) is 7.41. The first kappa shape index (κ1) is 21.0. The topological polar surface area (TPSA) is 80.6 Å². The van der Waals surface area contributed by atoms with Crippen LogP contribution in [0.2, 0.25) is 0 Å². The molecule has 1 aliphatic heterocycles. The van der Waals surface area contributed by atoms with E-state index in [0.29, 0.717) is 31.8 Å². The average molecular weight is 440 g/mol. The van der Waals surface area contributed by atoms with Crippen molar-refractivity contribution in [1.82, 2.24) is 24.6 Å². The van der Waals surface area contributed by atoms with Crippen molar-refractivity contribution in [2.24, 2.45) is 7.05 Å². The van der Waals surface area contributed by atoms with Gasteiger partial charge >= 0.3 is 0 Å². The predicted octanol–water partition coefficient (Wildman–Crippen LogP) is 2.74. The van der Waals surface area contributed by atoms with Crippen LogP contribution in [0.1, 0.15) is 24.4 Å². The van der Waals surface area contributed by atoms with Gasteiger partial charge in [-0.1, -0.05) is 18.2 Å². The van der Waals surface area contributed by atoms with E-state index in [0.717, 1.165) is 16.4 Å². The van der Waals surface area contributed by atoms with Gasteiger partial charge < -0.3 is 14.5 Å². The number of aromatic nitrogens is 3. The lowest BCUT2D eigenvalue weighted by atomic mass is 10.2. The van der Waals surface area contributed by atoms with Crippen LogP contribution in [0, 0.1) is 0 Å². The first-order valence-electron chi connectivity index (χ1n) is 10.2. The molecule has 0 aliphatic carbocycles. The molecule has 31 heavy (non-hydrogen) atoms. The van der Waals surface area contributed by atoms with E-state index in [9.17, 15) is 9.59 Å². The number of carbonyl (C=O) groups excluding carboxylic acids is 2. The highest BCUT2D eigenvalue weighted by Crippen LogP contribution is 2.32. The molecule has 3 aromatic rings. The molecule has 0 N–H and O–H groups in total. The summed E-state index contributed by atoms with van der Waals surface area (Å²) in [7, 11) is 1.88. The summed E-state index contributed by atoms with van der Waals surface area (Å²) in [6, 6.07) is 11.0. The van der Waals surface area contributed by atoms with Crippen molar-refractivity contribution in [2.45, 2.75) is 19.4 Å². The fourth-order valence-electron chi connectivity index (χ4n) is 3.73. The van der Waals surface area contributed by atoms with E-state index in [1.807, 2.05) is 48.8 Å². The molecule has 2 amide bonds. The van der Waals surface area contributed by atoms with Gasteiger partial charge in [-0.3, -0.25) is 14.3 Å². The summed E-state index contributed by atoms with van der Waals surface area (Å²) < 4.78 is 7.48. The average Bonchev–Trinajstić information content (AvgIpc) is 3.35. The standard InChI is InChI=1S/C22H25N5O3S/c1-16(28)26-11-9-20(22-24-18(15-31-22)19-8-10-23-25(19)2)27(13-12-26)21(29)14-30-17-6-4-3-5-7-17/h3-8,10,15,20H,9,11-14H2,1-2H3. The number of thiazole rings is 1. The molecule has 3 heterocycles. The van der Waals surface area contributed by atoms with Gasteiger partial charge in [-0.05, 0) is 24.6 Å². The minimum Gasteiger partial charge on any atom is -0.484 e. The van der Waals surface area contributed by atoms with E-state index >= 15 is 0 Å². The summed E-state index contributed by atoms with van der Waals surface area (Å²) in [5, 5.41) is 7.06. The van der Waals surface area contributed by atoms with E-state index in [4.69, 9.17) is 9.72 Å². The molecule has 1 aliphatic rings. The van der Waals surface area contributed by atoms with Crippen LogP contribution >= 0.6 is 11.3 Å². The molecule has 2 aromatic heterocycles. The Labute approximate surface area is 185 Å². The molecule has 0 radical (unpaired) electrons. The van der Waals surface area contributed by atoms with Gasteiger partial charge in [0, 0.05) is 45.2 Å². The number of aryl methyl sites for hydroxylation is 1. The predicted molar refractivity (Wildman–Crippen MR) is 118 cm³/mol. The number of hydrogen-bond acceptors (Lipinski definition) is 6. The Bertz CT molecular complexity index is 1050. The van der Waals surface area contributed by atoms with Crippen molar-refractivity contribution in [2.75, 3.05) is 26.2 Å². The number of rotatable bonds is 5. The third kappa shape index (κ3) is 4.77. The summed E-state index contributed by atoms with van der Waals surface area (Å²) in [6.07, 6.45) is 2.37. The first-order valence-corrected chi connectivity index (χ1v) is 11.1. The Morgan fingerprint density at radius 3 is 2.68 bits per heavy atom. The summed E-state index contributed by atoms with van der Waals surface area (Å²) in [5.41, 5.74) is 1.76. The van der Waals surface area contributed by atoms with E-state index in [2.05, 4.69) is 5.10 Å². The molecule has 162 valence electrons. The van der Waals surface area contributed by atoms with Crippen molar-refractivity contribution >= 4 is 23.2 Å². The van der Waals surface area contributed by atoms with Gasteiger partial charge in [0.25, 0.3) is 5.91 Å². The number of carbonyl (C=O) groups is 2. The van der Waals surface area contributed by atoms with Crippen molar-refractivity contribution in [1.29, 1.82) is 0 Å². The maximum absolute atomic E-state index is 13.1. The number of benzene rings is 1. The summed E-state index contributed by atoms with van der Waals surface area (Å²) >= 11 is 1.53. The number of nitrogens with zero attached hydrogens (tertiary/aromatic N) is 5. The Morgan fingerprint density at radius 1 is 1.16 bits per heavy atom. The molecule has 4 rings (SSSR count). The minimum atomic E-state index is -0.205. The van der Waals surface area contributed by atoms with E-state index in [1.54, 1.807) is 27.6 Å². The molecule has 0 bridgehead atoms. The van der Waals surface area contributed by atoms with Gasteiger partial charge in [-0.15, -0.1) is 11.3 Å². The number of ether oxygens (including phenoxy) is 1. The molecular weight excluding hydrogens is 414 g/mol. The van der Waals surface area contributed by atoms with Gasteiger partial charge in [0.1, 0.15) is 10.8 Å². The SMILES string of the molecule is CC(=O)N1CCC(c2nc(-c3ccnn3C)cs2)N(C(=O)COc2ccccc2)CC1. The maximum atomic E-state index is 13.1. The lowest BCUT2D eigenvalue weighted by molar-refractivity contribution is -0.136. The molecule has 1 atom stereocenters. The molecule has 8 nitrogen and oxygen atoms in total. The van der Waals surface area contributed by atoms with Crippen molar-refractivity contribution in [3.63, 3.8) is 0 Å². The molecule has 0 saturated carbocycles. The van der Waals surface area contributed by atoms with Crippen LogP contribution < -0.4 is 4.74 Å². The van der Waals surface area contributed by atoms with Crippen LogP contribution in [0.25, 0.3) is 11.4 Å². The van der Waals surface area contributed by atoms with Crippen LogP contribution in [-0.2, 0) is 16.6 Å². The molecule has 1 saturated heterocycles. The first-order chi connectivity index (χ1) is 15.0. The third-order valence-electron chi connectivity index (χ3n) is 5.42. The summed E-state index contributed by atoms with van der Waals surface area (Å²) in [4.78, 5) is 33.5. The minimum absolute atomic E-state index is 0.0169. The Morgan fingerprint density at radius 2 is 1.97 bits per heavy atom. The quantitative estimate of drug-likeness (QED) is 0.611. The highest BCUT2D eigenvalue weighted by Gasteiger charge is 2.32. The molecule has 0 spiro atoms. The maximum Gasteiger partial charge on any atom is 0.261 e. The molecule has 1 unspecified atom stereocenters. The smallest absolute Gasteiger partial charge is 0.261 e. The zero-order valence-electron chi connectivity index (χ0n) is 17.6. The van der Waals surface area contributed by atoms with Crippen LogP contribution in [0.3, 0.4) is 0 Å². The third-order valence-corrected chi connectivity index (χ3v) is 6.37. The highest BCUT2D eigenvalue weighted by atomic mass is 32.1. The monoisotopic (exact) mass is 439 g/mol. The largest absolute Gasteiger partial charge is 0.484 e.